The number of nitrogens with zero attached hydrogens (tertiary/aromatic N) is 2. The van der Waals surface area contributed by atoms with Crippen LogP contribution in [0.15, 0.2) is 177 Å². The summed E-state index contributed by atoms with van der Waals surface area (Å²) < 4.78 is 14.8. The van der Waals surface area contributed by atoms with Gasteiger partial charge in [-0.25, -0.2) is 9.59 Å². The second-order valence-electron chi connectivity index (χ2n) is 10.2. The van der Waals surface area contributed by atoms with E-state index in [-0.39, 0.29) is 11.3 Å². The lowest BCUT2D eigenvalue weighted by Gasteiger charge is -2.12. The van der Waals surface area contributed by atoms with Crippen molar-refractivity contribution in [1.29, 1.82) is 0 Å². The Hall–Kier alpha value is -6.14. The summed E-state index contributed by atoms with van der Waals surface area (Å²) in [6, 6.07) is 44.7. The molecule has 0 saturated heterocycles. The van der Waals surface area contributed by atoms with E-state index in [0.29, 0.717) is 22.6 Å². The topological polar surface area (TPSA) is 70.3 Å². The third-order valence-corrected chi connectivity index (χ3v) is 7.41. The molecule has 4 aliphatic heterocycles. The molecular formula is C38H26N2O4. The highest BCUT2D eigenvalue weighted by atomic mass is 16.4. The second-order valence-corrected chi connectivity index (χ2v) is 10.2. The van der Waals surface area contributed by atoms with E-state index in [1.54, 1.807) is 0 Å². The number of aromatic nitrogens is 2. The molecule has 0 aromatic heterocycles. The van der Waals surface area contributed by atoms with E-state index in [1.165, 1.54) is 0 Å². The highest BCUT2D eigenvalue weighted by molar-refractivity contribution is 5.82. The number of furan rings is 2. The van der Waals surface area contributed by atoms with E-state index in [2.05, 4.69) is 0 Å². The molecule has 0 aliphatic carbocycles. The third-order valence-electron chi connectivity index (χ3n) is 7.41. The van der Waals surface area contributed by atoms with E-state index >= 15 is 0 Å². The van der Waals surface area contributed by atoms with Crippen molar-refractivity contribution in [2.45, 2.75) is 0 Å². The van der Waals surface area contributed by atoms with Crippen LogP contribution in [0, 0.1) is 0 Å². The molecule has 212 valence electrons. The van der Waals surface area contributed by atoms with E-state index < -0.39 is 0 Å². The van der Waals surface area contributed by atoms with Crippen LogP contribution in [0.2, 0.25) is 0 Å². The summed E-state index contributed by atoms with van der Waals surface area (Å²) in [4.78, 5) is 24.6. The third kappa shape index (κ3) is 5.05. The molecule has 0 atom stereocenters. The predicted molar refractivity (Wildman–Crippen MR) is 173 cm³/mol. The molecular weight excluding hydrogens is 548 g/mol. The van der Waals surface area contributed by atoms with Gasteiger partial charge in [0.1, 0.15) is 5.69 Å². The van der Waals surface area contributed by atoms with Gasteiger partial charge in [0.2, 0.25) is 0 Å². The summed E-state index contributed by atoms with van der Waals surface area (Å²) in [7, 11) is 0. The second kappa shape index (κ2) is 11.6. The molecule has 0 saturated carbocycles. The molecule has 0 unspecified atom stereocenters. The lowest BCUT2D eigenvalue weighted by molar-refractivity contribution is 0.542. The Balaban J connectivity index is 0.000000142. The maximum Gasteiger partial charge on any atom is 0.346 e. The minimum Gasteiger partial charge on any atom is -0.421 e. The molecule has 0 bridgehead atoms. The molecule has 4 aromatic rings. The van der Waals surface area contributed by atoms with Gasteiger partial charge in [0.25, 0.3) is 0 Å². The van der Waals surface area contributed by atoms with Crippen LogP contribution in [0.5, 0.6) is 0 Å². The highest BCUT2D eigenvalue weighted by Crippen LogP contribution is 2.34. The molecule has 44 heavy (non-hydrogen) atoms. The van der Waals surface area contributed by atoms with Gasteiger partial charge in [-0.1, -0.05) is 97.1 Å². The van der Waals surface area contributed by atoms with Crippen molar-refractivity contribution in [3.63, 3.8) is 0 Å². The van der Waals surface area contributed by atoms with Crippen LogP contribution >= 0.6 is 0 Å². The van der Waals surface area contributed by atoms with Crippen molar-refractivity contribution in [3.05, 3.63) is 179 Å². The quantitative estimate of drug-likeness (QED) is 0.212. The summed E-state index contributed by atoms with van der Waals surface area (Å²) in [5.41, 5.74) is 6.00. The smallest absolute Gasteiger partial charge is 0.346 e. The van der Waals surface area contributed by atoms with E-state index in [9.17, 15) is 9.59 Å². The molecule has 4 aliphatic rings. The van der Waals surface area contributed by atoms with Crippen LogP contribution in [-0.2, 0) is 0 Å². The zero-order valence-corrected chi connectivity index (χ0v) is 23.5. The number of para-hydroxylation sites is 2. The first-order chi connectivity index (χ1) is 21.7. The number of rotatable bonds is 4. The number of hydrogen-bond acceptors (Lipinski definition) is 4. The van der Waals surface area contributed by atoms with E-state index in [1.807, 2.05) is 167 Å². The van der Waals surface area contributed by atoms with Crippen molar-refractivity contribution in [2.75, 3.05) is 0 Å². The van der Waals surface area contributed by atoms with E-state index in [0.717, 1.165) is 33.8 Å². The Morgan fingerprint density at radius 3 is 1.61 bits per heavy atom. The fourth-order valence-corrected chi connectivity index (χ4v) is 5.39. The summed E-state index contributed by atoms with van der Waals surface area (Å²) in [5, 5.41) is 0. The van der Waals surface area contributed by atoms with Gasteiger partial charge in [-0.05, 0) is 53.6 Å². The Morgan fingerprint density at radius 1 is 0.455 bits per heavy atom. The Bertz CT molecular complexity index is 2190. The molecule has 8 rings (SSSR count). The average Bonchev–Trinajstić information content (AvgIpc) is 3.61. The minimum absolute atomic E-state index is 0.299. The maximum absolute atomic E-state index is 12.3. The molecule has 0 radical (unpaired) electrons. The van der Waals surface area contributed by atoms with Crippen molar-refractivity contribution >= 4 is 0 Å². The number of fused-ring (bicyclic) bond motifs is 2. The fourth-order valence-electron chi connectivity index (χ4n) is 5.39. The Kier molecular flexibility index (Phi) is 7.06. The minimum atomic E-state index is -0.308. The van der Waals surface area contributed by atoms with Crippen LogP contribution in [-0.4, -0.2) is 9.13 Å². The lowest BCUT2D eigenvalue weighted by Crippen LogP contribution is -2.02. The standard InChI is InChI=1S/2C19H13NO2/c21-19-17(14-8-3-1-4-9-14)18-16(22-19)12-7-13-20(18)15-10-5-2-6-11-15;21-19-18(14-7-3-1-4-8-14)16-11-12-20(13-17(16)22-19)15-9-5-2-6-10-15/h2*1-13H. The van der Waals surface area contributed by atoms with Gasteiger partial charge in [0.15, 0.2) is 11.5 Å². The molecule has 6 nitrogen and oxygen atoms in total. The Morgan fingerprint density at radius 2 is 0.977 bits per heavy atom. The first-order valence-electron chi connectivity index (χ1n) is 14.2. The summed E-state index contributed by atoms with van der Waals surface area (Å²) in [5.74, 6) is 1.19. The number of benzene rings is 4. The summed E-state index contributed by atoms with van der Waals surface area (Å²) >= 11 is 0. The number of hydrogen-bond donors (Lipinski definition) is 0. The van der Waals surface area contributed by atoms with Gasteiger partial charge in [0.05, 0.1) is 17.3 Å². The summed E-state index contributed by atoms with van der Waals surface area (Å²) in [6.07, 6.45) is 5.73. The average molecular weight is 575 g/mol. The van der Waals surface area contributed by atoms with Crippen LogP contribution in [0.4, 0.5) is 0 Å². The van der Waals surface area contributed by atoms with Crippen LogP contribution in [0.3, 0.4) is 0 Å². The van der Waals surface area contributed by atoms with Crippen molar-refractivity contribution < 1.29 is 8.83 Å². The van der Waals surface area contributed by atoms with Gasteiger partial charge in [-0.15, -0.1) is 0 Å². The first kappa shape index (κ1) is 26.7. The monoisotopic (exact) mass is 574 g/mol. The maximum atomic E-state index is 12.3. The van der Waals surface area contributed by atoms with Gasteiger partial charge < -0.3 is 18.0 Å². The fraction of sp³-hybridized carbons (Fsp3) is 0. The molecule has 6 heteroatoms. The summed E-state index contributed by atoms with van der Waals surface area (Å²) in [6.45, 7) is 0. The zero-order chi connectivity index (χ0) is 29.9. The van der Waals surface area contributed by atoms with Crippen molar-refractivity contribution in [3.8, 4) is 56.4 Å². The van der Waals surface area contributed by atoms with Crippen LogP contribution in [0.1, 0.15) is 0 Å². The number of pyridine rings is 2. The predicted octanol–water partition coefficient (Wildman–Crippen LogP) is 8.40. The normalized spacial score (nSPS) is 10.9. The molecule has 0 fully saturated rings. The zero-order valence-electron chi connectivity index (χ0n) is 23.5. The van der Waals surface area contributed by atoms with E-state index in [4.69, 9.17) is 8.83 Å². The van der Waals surface area contributed by atoms with Crippen molar-refractivity contribution in [1.82, 2.24) is 9.13 Å². The van der Waals surface area contributed by atoms with Gasteiger partial charge in [-0.2, -0.15) is 0 Å². The largest absolute Gasteiger partial charge is 0.421 e. The molecule has 4 heterocycles. The first-order valence-corrected chi connectivity index (χ1v) is 14.2. The molecule has 0 N–H and O–H groups in total. The van der Waals surface area contributed by atoms with Gasteiger partial charge in [-0.3, -0.25) is 0 Å². The molecule has 0 spiro atoms. The van der Waals surface area contributed by atoms with Gasteiger partial charge in [0, 0.05) is 29.3 Å². The van der Waals surface area contributed by atoms with Gasteiger partial charge >= 0.3 is 11.3 Å². The molecule has 4 aromatic carbocycles. The Labute approximate surface area is 253 Å². The lowest BCUT2D eigenvalue weighted by atomic mass is 10.0. The molecule has 0 amide bonds. The van der Waals surface area contributed by atoms with Crippen molar-refractivity contribution in [2.24, 2.45) is 0 Å². The van der Waals surface area contributed by atoms with Crippen LogP contribution in [0.25, 0.3) is 56.4 Å². The highest BCUT2D eigenvalue weighted by Gasteiger charge is 2.23. The van der Waals surface area contributed by atoms with Crippen LogP contribution < -0.4 is 11.3 Å². The SMILES string of the molecule is O=c1oc2cccn(-c3ccccc3)c-2c1-c1ccccc1.O=c1oc2cn(-c3ccccc3)ccc-2c1-c1ccccc1.